The highest BCUT2D eigenvalue weighted by Crippen LogP contribution is 2.47. The third kappa shape index (κ3) is 4.42. The Morgan fingerprint density at radius 2 is 1.83 bits per heavy atom. The highest BCUT2D eigenvalue weighted by molar-refractivity contribution is 5.83. The summed E-state index contributed by atoms with van der Waals surface area (Å²) in [6.45, 7) is 9.38. The molecule has 2 N–H and O–H groups in total. The highest BCUT2D eigenvalue weighted by atomic mass is 16.2. The molecule has 0 aromatic heterocycles. The number of Topliss-reactive ketones (excluding diaryl/α,β-unsaturated/α-hetero) is 1. The summed E-state index contributed by atoms with van der Waals surface area (Å²) >= 11 is 0. The number of carbonyl (C=O) groups excluding carboxylic acids is 3. The Hall–Kier alpha value is -1.47. The molecule has 2 heterocycles. The number of carbonyl (C=O) groups is 3. The van der Waals surface area contributed by atoms with Gasteiger partial charge in [-0.1, -0.05) is 6.92 Å². The van der Waals surface area contributed by atoms with Gasteiger partial charge in [0.25, 0.3) is 0 Å². The summed E-state index contributed by atoms with van der Waals surface area (Å²) in [6, 6.07) is 0.208. The lowest BCUT2D eigenvalue weighted by Gasteiger charge is -2.52. The summed E-state index contributed by atoms with van der Waals surface area (Å²) in [7, 11) is 0. The van der Waals surface area contributed by atoms with E-state index >= 15 is 0 Å². The van der Waals surface area contributed by atoms with Gasteiger partial charge in [0.15, 0.2) is 0 Å². The fourth-order valence-electron chi connectivity index (χ4n) is 6.43. The van der Waals surface area contributed by atoms with Crippen molar-refractivity contribution in [3.8, 4) is 0 Å². The van der Waals surface area contributed by atoms with E-state index in [4.69, 9.17) is 0 Å². The number of ketones is 1. The van der Waals surface area contributed by atoms with Gasteiger partial charge in [0.1, 0.15) is 5.78 Å². The lowest BCUT2D eigenvalue weighted by atomic mass is 9.63. The molecule has 2 aliphatic heterocycles. The summed E-state index contributed by atoms with van der Waals surface area (Å²) < 4.78 is 0. The van der Waals surface area contributed by atoms with Crippen molar-refractivity contribution in [1.29, 1.82) is 0 Å². The average Bonchev–Trinajstić information content (AvgIpc) is 3.45. The van der Waals surface area contributed by atoms with Crippen molar-refractivity contribution in [2.75, 3.05) is 32.7 Å². The number of piperidine rings is 1. The molecule has 2 aliphatic carbocycles. The molecule has 6 atom stereocenters. The van der Waals surface area contributed by atoms with E-state index in [1.54, 1.807) is 6.92 Å². The van der Waals surface area contributed by atoms with Gasteiger partial charge in [-0.15, -0.1) is 0 Å². The van der Waals surface area contributed by atoms with Crippen LogP contribution in [0.4, 0.5) is 0 Å². The Labute approximate surface area is 180 Å². The van der Waals surface area contributed by atoms with Crippen LogP contribution in [0.15, 0.2) is 0 Å². The van der Waals surface area contributed by atoms with E-state index in [0.29, 0.717) is 42.5 Å². The van der Waals surface area contributed by atoms with Crippen LogP contribution < -0.4 is 10.7 Å². The first-order valence-corrected chi connectivity index (χ1v) is 11.9. The van der Waals surface area contributed by atoms with E-state index in [1.165, 1.54) is 0 Å². The van der Waals surface area contributed by atoms with Crippen LogP contribution in [-0.2, 0) is 14.4 Å². The van der Waals surface area contributed by atoms with Crippen molar-refractivity contribution < 1.29 is 14.4 Å². The maximum Gasteiger partial charge on any atom is 0.235 e. The number of fused-ring (bicyclic) bond motifs is 1. The number of rotatable bonds is 6. The normalized spacial score (nSPS) is 37.0. The average molecular weight is 419 g/mol. The molecule has 5 unspecified atom stereocenters. The number of nitrogens with one attached hydrogen (secondary N) is 2. The number of hydrogen-bond acceptors (Lipinski definition) is 5. The fraction of sp³-hybridized carbons (Fsp3) is 0.870. The molecule has 0 aromatic carbocycles. The number of likely N-dealkylation sites (tertiary alicyclic amines) is 1. The maximum atomic E-state index is 13.1. The second-order valence-corrected chi connectivity index (χ2v) is 10.1. The quantitative estimate of drug-likeness (QED) is 0.682. The molecule has 4 aliphatic rings. The van der Waals surface area contributed by atoms with Crippen molar-refractivity contribution in [3.05, 3.63) is 0 Å². The van der Waals surface area contributed by atoms with Gasteiger partial charge in [-0.25, -0.2) is 5.01 Å². The van der Waals surface area contributed by atoms with Crippen molar-refractivity contribution >= 4 is 17.6 Å². The number of hydrazine groups is 1. The van der Waals surface area contributed by atoms with Gasteiger partial charge in [-0.2, -0.15) is 0 Å². The van der Waals surface area contributed by atoms with Gasteiger partial charge < -0.3 is 10.2 Å². The van der Waals surface area contributed by atoms with Gasteiger partial charge in [-0.05, 0) is 69.6 Å². The van der Waals surface area contributed by atoms with Gasteiger partial charge in [0.2, 0.25) is 11.8 Å². The van der Waals surface area contributed by atoms with E-state index in [1.807, 2.05) is 11.9 Å². The topological polar surface area (TPSA) is 81.8 Å². The molecule has 30 heavy (non-hydrogen) atoms. The molecule has 168 valence electrons. The molecule has 7 heteroatoms. The Bertz CT molecular complexity index is 679. The molecular weight excluding hydrogens is 380 g/mol. The summed E-state index contributed by atoms with van der Waals surface area (Å²) in [4.78, 5) is 39.6. The molecule has 4 fully saturated rings. The van der Waals surface area contributed by atoms with E-state index in [9.17, 15) is 14.4 Å². The van der Waals surface area contributed by atoms with Crippen LogP contribution in [0.2, 0.25) is 0 Å². The minimum absolute atomic E-state index is 0.0566. The van der Waals surface area contributed by atoms with Crippen LogP contribution in [0.3, 0.4) is 0 Å². The van der Waals surface area contributed by atoms with Crippen molar-refractivity contribution in [1.82, 2.24) is 20.7 Å². The summed E-state index contributed by atoms with van der Waals surface area (Å²) in [5.74, 6) is 2.60. The van der Waals surface area contributed by atoms with Crippen LogP contribution >= 0.6 is 0 Å². The zero-order chi connectivity index (χ0) is 21.4. The Kier molecular flexibility index (Phi) is 6.49. The van der Waals surface area contributed by atoms with Crippen LogP contribution in [0, 0.1) is 35.5 Å². The largest absolute Gasteiger partial charge is 0.355 e. The molecular formula is C23H38N4O3. The predicted octanol–water partition coefficient (Wildman–Crippen LogP) is 1.44. The van der Waals surface area contributed by atoms with Crippen LogP contribution in [0.1, 0.15) is 52.9 Å². The predicted molar refractivity (Wildman–Crippen MR) is 114 cm³/mol. The minimum atomic E-state index is 0.0566. The minimum Gasteiger partial charge on any atom is -0.355 e. The van der Waals surface area contributed by atoms with Gasteiger partial charge in [0.05, 0.1) is 6.54 Å². The molecule has 0 bridgehead atoms. The first-order chi connectivity index (χ1) is 14.4. The van der Waals surface area contributed by atoms with Crippen molar-refractivity contribution in [2.45, 2.75) is 58.9 Å². The van der Waals surface area contributed by atoms with Gasteiger partial charge in [-0.3, -0.25) is 19.8 Å². The van der Waals surface area contributed by atoms with Crippen LogP contribution in [0.25, 0.3) is 0 Å². The smallest absolute Gasteiger partial charge is 0.235 e. The summed E-state index contributed by atoms with van der Waals surface area (Å²) in [6.07, 6.45) is 5.21. The summed E-state index contributed by atoms with van der Waals surface area (Å²) in [5, 5.41) is 4.90. The molecule has 4 rings (SSSR count). The molecule has 0 spiro atoms. The first-order valence-electron chi connectivity index (χ1n) is 11.9. The third-order valence-electron chi connectivity index (χ3n) is 7.95. The van der Waals surface area contributed by atoms with Crippen LogP contribution in [-0.4, -0.2) is 66.3 Å². The number of nitrogens with zero attached hydrogens (tertiary/aromatic N) is 2. The van der Waals surface area contributed by atoms with E-state index in [2.05, 4.69) is 22.6 Å². The standard InChI is InChI=1S/C23H38N4O3/c1-4-24-21(29)13-26-12-18(10-25-26)17-7-8-19-20(9-17)27(23(30)16-5-6-16)11-14(2)22(19)15(3)28/h14,16-20,22,25H,4-13H2,1-3H3,(H,24,29)/t14-,17?,18?,19?,20?,22?/m0/s1. The monoisotopic (exact) mass is 418 g/mol. The molecule has 0 aromatic rings. The lowest BCUT2D eigenvalue weighted by molar-refractivity contribution is -0.149. The zero-order valence-electron chi connectivity index (χ0n) is 18.7. The molecule has 0 radical (unpaired) electrons. The van der Waals surface area contributed by atoms with E-state index in [0.717, 1.165) is 51.7 Å². The Morgan fingerprint density at radius 3 is 2.50 bits per heavy atom. The fourth-order valence-corrected chi connectivity index (χ4v) is 6.43. The molecule has 2 amide bonds. The molecule has 7 nitrogen and oxygen atoms in total. The zero-order valence-corrected chi connectivity index (χ0v) is 18.7. The lowest BCUT2D eigenvalue weighted by Crippen LogP contribution is -2.59. The highest BCUT2D eigenvalue weighted by Gasteiger charge is 2.50. The third-order valence-corrected chi connectivity index (χ3v) is 7.95. The van der Waals surface area contributed by atoms with Gasteiger partial charge in [0, 0.05) is 44.1 Å². The van der Waals surface area contributed by atoms with Crippen molar-refractivity contribution in [3.63, 3.8) is 0 Å². The van der Waals surface area contributed by atoms with E-state index in [-0.39, 0.29) is 29.7 Å². The second-order valence-electron chi connectivity index (χ2n) is 10.1. The SMILES string of the molecule is CCNC(=O)CN1CC(C2CCC3C(C(C)=O)[C@@H](C)CN(C(=O)C4CC4)C3C2)CN1. The summed E-state index contributed by atoms with van der Waals surface area (Å²) in [5.41, 5.74) is 3.40. The second kappa shape index (κ2) is 8.95. The Morgan fingerprint density at radius 1 is 1.07 bits per heavy atom. The van der Waals surface area contributed by atoms with Gasteiger partial charge >= 0.3 is 0 Å². The maximum absolute atomic E-state index is 13.1. The number of hydrogen-bond donors (Lipinski definition) is 2. The molecule has 2 saturated carbocycles. The van der Waals surface area contributed by atoms with Crippen LogP contribution in [0.5, 0.6) is 0 Å². The number of amides is 2. The van der Waals surface area contributed by atoms with Crippen molar-refractivity contribution in [2.24, 2.45) is 35.5 Å². The molecule has 2 saturated heterocycles. The first kappa shape index (κ1) is 21.8. The number of likely N-dealkylation sites (N-methyl/N-ethyl adjacent to an activating group) is 1. The Balaban J connectivity index is 1.43. The van der Waals surface area contributed by atoms with E-state index < -0.39 is 0 Å².